The summed E-state index contributed by atoms with van der Waals surface area (Å²) in [5.41, 5.74) is 6.42. The summed E-state index contributed by atoms with van der Waals surface area (Å²) in [6, 6.07) is 16.5. The Labute approximate surface area is 265 Å². The largest absolute Gasteiger partial charge is 0.490 e. The molecule has 1 fully saturated rings. The Morgan fingerprint density at radius 1 is 1.00 bits per heavy atom. The molecule has 45 heavy (non-hydrogen) atoms. The number of benzene rings is 3. The summed E-state index contributed by atoms with van der Waals surface area (Å²) < 4.78 is 26.8. The van der Waals surface area contributed by atoms with Gasteiger partial charge in [0.05, 0.1) is 13.2 Å². The molecule has 1 atom stereocenters. The summed E-state index contributed by atoms with van der Waals surface area (Å²) in [4.78, 5) is 26.5. The summed E-state index contributed by atoms with van der Waals surface area (Å²) in [5.74, 6) is 1.21. The van der Waals surface area contributed by atoms with E-state index in [-0.39, 0.29) is 18.2 Å². The van der Waals surface area contributed by atoms with Crippen molar-refractivity contribution in [2.24, 2.45) is 5.92 Å². The zero-order chi connectivity index (χ0) is 32.1. The quantitative estimate of drug-likeness (QED) is 0.207. The van der Waals surface area contributed by atoms with Crippen molar-refractivity contribution in [3.63, 3.8) is 0 Å². The summed E-state index contributed by atoms with van der Waals surface area (Å²) >= 11 is 0. The molecule has 0 saturated carbocycles. The highest BCUT2D eigenvalue weighted by Gasteiger charge is 2.23. The maximum Gasteiger partial charge on any atom is 0.421 e. The average molecular weight is 612 g/mol. The molecule has 1 aliphatic rings. The molecule has 1 aliphatic heterocycles. The lowest BCUT2D eigenvalue weighted by Crippen LogP contribution is -2.34. The van der Waals surface area contributed by atoms with Gasteiger partial charge in [-0.05, 0) is 95.9 Å². The average Bonchev–Trinajstić information content (AvgIpc) is 2.97. The second-order valence-electron chi connectivity index (χ2n) is 12.3. The van der Waals surface area contributed by atoms with Crippen LogP contribution in [0.5, 0.6) is 11.5 Å². The number of rotatable bonds is 9. The van der Waals surface area contributed by atoms with E-state index in [9.17, 15) is 4.79 Å². The van der Waals surface area contributed by atoms with Crippen molar-refractivity contribution >= 4 is 23.5 Å². The Morgan fingerprint density at radius 2 is 1.71 bits per heavy atom. The van der Waals surface area contributed by atoms with Crippen LogP contribution in [0.1, 0.15) is 46.2 Å². The van der Waals surface area contributed by atoms with E-state index in [4.69, 9.17) is 9.47 Å². The third-order valence-electron chi connectivity index (χ3n) is 7.94. The number of piperidine rings is 1. The van der Waals surface area contributed by atoms with Gasteiger partial charge in [-0.25, -0.2) is 14.2 Å². The molecule has 9 heteroatoms. The number of anilines is 3. The van der Waals surface area contributed by atoms with Crippen LogP contribution in [0.3, 0.4) is 0 Å². The van der Waals surface area contributed by atoms with Gasteiger partial charge in [-0.3, -0.25) is 4.90 Å². The van der Waals surface area contributed by atoms with Crippen LogP contribution in [0.2, 0.25) is 0 Å². The highest BCUT2D eigenvalue weighted by molar-refractivity contribution is 5.88. The molecule has 8 nitrogen and oxygen atoms in total. The lowest BCUT2D eigenvalue weighted by atomic mass is 10.00. The van der Waals surface area contributed by atoms with Crippen molar-refractivity contribution in [3.05, 3.63) is 100.0 Å². The van der Waals surface area contributed by atoms with Crippen LogP contribution < -0.4 is 19.7 Å². The van der Waals surface area contributed by atoms with Crippen molar-refractivity contribution < 1.29 is 18.7 Å². The molecular weight excluding hydrogens is 569 g/mol. The van der Waals surface area contributed by atoms with Crippen LogP contribution in [-0.2, 0) is 6.54 Å². The molecule has 1 saturated heterocycles. The molecule has 236 valence electrons. The van der Waals surface area contributed by atoms with Crippen LogP contribution in [0.25, 0.3) is 0 Å². The first kappa shape index (κ1) is 31.9. The molecule has 4 aromatic rings. The number of carbonyl (C=O) groups excluding carboxylic acids is 1. The topological polar surface area (TPSA) is 79.8 Å². The van der Waals surface area contributed by atoms with Gasteiger partial charge < -0.3 is 19.7 Å². The number of carbonyl (C=O) groups is 1. The lowest BCUT2D eigenvalue weighted by Gasteiger charge is -2.29. The zero-order valence-electron chi connectivity index (χ0n) is 27.0. The van der Waals surface area contributed by atoms with E-state index in [1.54, 1.807) is 24.4 Å². The molecular formula is C36H42FN5O3. The minimum absolute atomic E-state index is 0.215. The molecule has 1 amide bonds. The summed E-state index contributed by atoms with van der Waals surface area (Å²) in [6.45, 7) is 12.7. The minimum Gasteiger partial charge on any atom is -0.490 e. The molecule has 1 aromatic heterocycles. The zero-order valence-corrected chi connectivity index (χ0v) is 27.0. The Kier molecular flexibility index (Phi) is 9.98. The normalized spacial score (nSPS) is 15.0. The van der Waals surface area contributed by atoms with Gasteiger partial charge in [-0.15, -0.1) is 0 Å². The SMILES string of the molecule is Cc1cc(C)cc(CN(C(=O)Oc2c(C)cc(C)cc2C)c2ccnc(Nc3ccc(OCC4CCCN(C)C4)c(F)c3)n2)c1. The van der Waals surface area contributed by atoms with Gasteiger partial charge in [0.2, 0.25) is 5.95 Å². The lowest BCUT2D eigenvalue weighted by molar-refractivity contribution is 0.147. The number of aromatic nitrogens is 2. The van der Waals surface area contributed by atoms with E-state index < -0.39 is 11.9 Å². The van der Waals surface area contributed by atoms with Crippen molar-refractivity contribution in [1.82, 2.24) is 14.9 Å². The maximum atomic E-state index is 15.0. The van der Waals surface area contributed by atoms with Crippen LogP contribution in [0.4, 0.5) is 26.6 Å². The first-order valence-electron chi connectivity index (χ1n) is 15.4. The summed E-state index contributed by atoms with van der Waals surface area (Å²) in [7, 11) is 2.10. The van der Waals surface area contributed by atoms with E-state index in [1.807, 2.05) is 58.9 Å². The van der Waals surface area contributed by atoms with Crippen molar-refractivity contribution in [2.45, 2.75) is 54.0 Å². The molecule has 3 aromatic carbocycles. The third kappa shape index (κ3) is 8.36. The number of nitrogens with one attached hydrogen (secondary N) is 1. The van der Waals surface area contributed by atoms with Crippen LogP contribution in [0, 0.1) is 46.4 Å². The van der Waals surface area contributed by atoms with E-state index >= 15 is 4.39 Å². The highest BCUT2D eigenvalue weighted by atomic mass is 19.1. The standard InChI is InChI=1S/C36H42FN5O3/c1-23-14-24(2)18-29(17-23)21-42(36(43)45-34-26(4)15-25(3)16-27(34)5)33-11-12-38-35(40-33)39-30-9-10-32(31(37)19-30)44-22-28-8-7-13-41(6)20-28/h9-12,14-19,28H,7-8,13,20-22H2,1-6H3,(H,38,39,40). The summed E-state index contributed by atoms with van der Waals surface area (Å²) in [5, 5.41) is 3.07. The predicted octanol–water partition coefficient (Wildman–Crippen LogP) is 7.83. The molecule has 0 aliphatic carbocycles. The van der Waals surface area contributed by atoms with Crippen LogP contribution >= 0.6 is 0 Å². The van der Waals surface area contributed by atoms with E-state index in [2.05, 4.69) is 33.3 Å². The first-order valence-corrected chi connectivity index (χ1v) is 15.4. The van der Waals surface area contributed by atoms with Crippen molar-refractivity contribution in [1.29, 1.82) is 0 Å². The Balaban J connectivity index is 1.36. The van der Waals surface area contributed by atoms with Gasteiger partial charge in [-0.1, -0.05) is 47.0 Å². The Bertz CT molecular complexity index is 1630. The monoisotopic (exact) mass is 611 g/mol. The van der Waals surface area contributed by atoms with E-state index in [0.29, 0.717) is 29.8 Å². The second kappa shape index (κ2) is 14.1. The first-order chi connectivity index (χ1) is 21.5. The fourth-order valence-corrected chi connectivity index (χ4v) is 6.05. The molecule has 0 radical (unpaired) electrons. The highest BCUT2D eigenvalue weighted by Crippen LogP contribution is 2.28. The van der Waals surface area contributed by atoms with Gasteiger partial charge in [0.15, 0.2) is 11.6 Å². The number of halogens is 1. The van der Waals surface area contributed by atoms with E-state index in [1.165, 1.54) is 11.0 Å². The molecule has 0 spiro atoms. The number of aryl methyl sites for hydroxylation is 5. The van der Waals surface area contributed by atoms with Gasteiger partial charge in [-0.2, -0.15) is 4.98 Å². The fourth-order valence-electron chi connectivity index (χ4n) is 6.05. The van der Waals surface area contributed by atoms with Gasteiger partial charge in [0.25, 0.3) is 0 Å². The van der Waals surface area contributed by atoms with Gasteiger partial charge in [0.1, 0.15) is 11.6 Å². The number of hydrogen-bond donors (Lipinski definition) is 1. The minimum atomic E-state index is -0.564. The molecule has 5 rings (SSSR count). The number of nitrogens with zero attached hydrogens (tertiary/aromatic N) is 4. The number of likely N-dealkylation sites (tertiary alicyclic amines) is 1. The van der Waals surface area contributed by atoms with Gasteiger partial charge >= 0.3 is 6.09 Å². The van der Waals surface area contributed by atoms with E-state index in [0.717, 1.165) is 59.3 Å². The van der Waals surface area contributed by atoms with Crippen LogP contribution in [0.15, 0.2) is 60.8 Å². The fraction of sp³-hybridized carbons (Fsp3) is 0.361. The third-order valence-corrected chi connectivity index (χ3v) is 7.94. The Morgan fingerprint density at radius 3 is 2.40 bits per heavy atom. The molecule has 0 bridgehead atoms. The smallest absolute Gasteiger partial charge is 0.421 e. The van der Waals surface area contributed by atoms with Crippen molar-refractivity contribution in [3.8, 4) is 11.5 Å². The molecule has 1 unspecified atom stereocenters. The molecule has 2 heterocycles. The number of ether oxygens (including phenoxy) is 2. The van der Waals surface area contributed by atoms with Crippen molar-refractivity contribution in [2.75, 3.05) is 37.0 Å². The Hall–Kier alpha value is -4.50. The van der Waals surface area contributed by atoms with Crippen LogP contribution in [-0.4, -0.2) is 47.7 Å². The number of amides is 1. The summed E-state index contributed by atoms with van der Waals surface area (Å²) in [6.07, 6.45) is 3.20. The maximum absolute atomic E-state index is 15.0. The predicted molar refractivity (Wildman–Crippen MR) is 176 cm³/mol. The van der Waals surface area contributed by atoms with Gasteiger partial charge in [0, 0.05) is 30.4 Å². The number of hydrogen-bond acceptors (Lipinski definition) is 7. The second-order valence-corrected chi connectivity index (χ2v) is 12.3. The molecule has 1 N–H and O–H groups in total.